The molecule has 0 aliphatic carbocycles. The van der Waals surface area contributed by atoms with Crippen LogP contribution in [0.15, 0.2) is 53.4 Å². The van der Waals surface area contributed by atoms with E-state index in [1.807, 2.05) is 31.2 Å². The molecular weight excluding hydrogens is 322 g/mol. The molecule has 24 heavy (non-hydrogen) atoms. The molecule has 0 radical (unpaired) electrons. The van der Waals surface area contributed by atoms with Crippen LogP contribution in [0.4, 0.5) is 0 Å². The van der Waals surface area contributed by atoms with Gasteiger partial charge in [0.05, 0.1) is 16.6 Å². The van der Waals surface area contributed by atoms with Gasteiger partial charge in [0.1, 0.15) is 0 Å². The predicted molar refractivity (Wildman–Crippen MR) is 95.5 cm³/mol. The van der Waals surface area contributed by atoms with Gasteiger partial charge in [-0.05, 0) is 44.0 Å². The van der Waals surface area contributed by atoms with E-state index >= 15 is 0 Å². The van der Waals surface area contributed by atoms with E-state index in [9.17, 15) is 13.2 Å². The Kier molecular flexibility index (Phi) is 5.78. The van der Waals surface area contributed by atoms with Crippen molar-refractivity contribution in [1.29, 1.82) is 0 Å². The molecule has 0 aromatic heterocycles. The van der Waals surface area contributed by atoms with Gasteiger partial charge < -0.3 is 5.32 Å². The van der Waals surface area contributed by atoms with Crippen molar-refractivity contribution in [2.24, 2.45) is 0 Å². The number of hydrogen-bond acceptors (Lipinski definition) is 3. The molecule has 4 nitrogen and oxygen atoms in total. The Bertz CT molecular complexity index is 792. The first-order chi connectivity index (χ1) is 11.3. The van der Waals surface area contributed by atoms with Crippen molar-refractivity contribution in [3.63, 3.8) is 0 Å². The number of aryl methyl sites for hydroxylation is 1. The molecule has 0 saturated heterocycles. The van der Waals surface area contributed by atoms with Gasteiger partial charge in [0, 0.05) is 6.54 Å². The van der Waals surface area contributed by atoms with E-state index in [1.54, 1.807) is 38.1 Å². The largest absolute Gasteiger partial charge is 0.352 e. The highest BCUT2D eigenvalue weighted by Crippen LogP contribution is 2.16. The van der Waals surface area contributed by atoms with E-state index in [1.165, 1.54) is 0 Å². The zero-order valence-corrected chi connectivity index (χ0v) is 15.1. The minimum atomic E-state index is -3.26. The maximum absolute atomic E-state index is 12.1. The Labute approximate surface area is 143 Å². The van der Waals surface area contributed by atoms with Crippen LogP contribution >= 0.6 is 0 Å². The predicted octanol–water partition coefficient (Wildman–Crippen LogP) is 3.04. The lowest BCUT2D eigenvalue weighted by Crippen LogP contribution is -2.24. The number of amides is 1. The summed E-state index contributed by atoms with van der Waals surface area (Å²) in [5.41, 5.74) is 3.00. The van der Waals surface area contributed by atoms with Gasteiger partial charge in [0.25, 0.3) is 0 Å². The van der Waals surface area contributed by atoms with E-state index in [2.05, 4.69) is 5.32 Å². The highest BCUT2D eigenvalue weighted by molar-refractivity contribution is 7.92. The molecule has 0 bridgehead atoms. The molecule has 0 aliphatic heterocycles. The van der Waals surface area contributed by atoms with Gasteiger partial charge in [-0.2, -0.15) is 0 Å². The van der Waals surface area contributed by atoms with E-state index in [0.29, 0.717) is 17.9 Å². The van der Waals surface area contributed by atoms with Crippen molar-refractivity contribution in [3.8, 4) is 0 Å². The molecule has 0 spiro atoms. The molecule has 0 aliphatic rings. The van der Waals surface area contributed by atoms with E-state index in [0.717, 1.165) is 16.7 Å². The number of sulfone groups is 1. The third kappa shape index (κ3) is 4.68. The molecule has 0 atom stereocenters. The van der Waals surface area contributed by atoms with Crippen LogP contribution in [0, 0.1) is 6.92 Å². The van der Waals surface area contributed by atoms with Crippen LogP contribution in [-0.4, -0.2) is 19.6 Å². The van der Waals surface area contributed by atoms with Gasteiger partial charge in [-0.1, -0.05) is 42.0 Å². The van der Waals surface area contributed by atoms with Gasteiger partial charge in [0.2, 0.25) is 5.91 Å². The second kappa shape index (κ2) is 7.62. The van der Waals surface area contributed by atoms with Crippen LogP contribution in [0.5, 0.6) is 0 Å². The summed E-state index contributed by atoms with van der Waals surface area (Å²) in [7, 11) is -3.26. The minimum absolute atomic E-state index is 0.0577. The summed E-state index contributed by atoms with van der Waals surface area (Å²) in [4.78, 5) is 12.3. The van der Waals surface area contributed by atoms with E-state index in [-0.39, 0.29) is 5.91 Å². The fraction of sp³-hybridized carbons (Fsp3) is 0.316. The highest BCUT2D eigenvalue weighted by atomic mass is 32.2. The van der Waals surface area contributed by atoms with Crippen molar-refractivity contribution in [3.05, 3.63) is 65.2 Å². The average molecular weight is 345 g/mol. The summed E-state index contributed by atoms with van der Waals surface area (Å²) in [6.07, 6.45) is 0.333. The number of rotatable bonds is 6. The van der Waals surface area contributed by atoms with Gasteiger partial charge in [-0.25, -0.2) is 8.42 Å². The summed E-state index contributed by atoms with van der Waals surface area (Å²) < 4.78 is 24.1. The van der Waals surface area contributed by atoms with E-state index < -0.39 is 15.1 Å². The molecule has 0 fully saturated rings. The summed E-state index contributed by atoms with van der Waals surface area (Å²) in [5, 5.41) is 2.41. The quantitative estimate of drug-likeness (QED) is 0.875. The number of nitrogens with one attached hydrogen (secondary N) is 1. The SMILES string of the molecule is Cc1ccc(CC(=O)NCc2ccc(S(=O)(=O)C(C)C)cc2)cc1. The zero-order valence-electron chi connectivity index (χ0n) is 14.2. The van der Waals surface area contributed by atoms with Crippen molar-refractivity contribution in [1.82, 2.24) is 5.32 Å². The van der Waals surface area contributed by atoms with Gasteiger partial charge >= 0.3 is 0 Å². The van der Waals surface area contributed by atoms with Gasteiger partial charge in [0.15, 0.2) is 9.84 Å². The van der Waals surface area contributed by atoms with Gasteiger partial charge in [-0.15, -0.1) is 0 Å². The fourth-order valence-corrected chi connectivity index (χ4v) is 3.28. The Morgan fingerprint density at radius 1 is 0.958 bits per heavy atom. The summed E-state index contributed by atoms with van der Waals surface area (Å²) in [6, 6.07) is 14.5. The molecular formula is C19H23NO3S. The van der Waals surface area contributed by atoms with Crippen molar-refractivity contribution < 1.29 is 13.2 Å². The first-order valence-electron chi connectivity index (χ1n) is 7.94. The second-order valence-electron chi connectivity index (χ2n) is 6.18. The molecule has 1 amide bonds. The summed E-state index contributed by atoms with van der Waals surface area (Å²) in [5.74, 6) is -0.0577. The van der Waals surface area contributed by atoms with Crippen molar-refractivity contribution >= 4 is 15.7 Å². The molecule has 2 aromatic carbocycles. The summed E-state index contributed by atoms with van der Waals surface area (Å²) in [6.45, 7) is 5.71. The lowest BCUT2D eigenvalue weighted by atomic mass is 10.1. The lowest BCUT2D eigenvalue weighted by Gasteiger charge is -2.09. The monoisotopic (exact) mass is 345 g/mol. The third-order valence-corrected chi connectivity index (χ3v) is 6.02. The Hall–Kier alpha value is -2.14. The van der Waals surface area contributed by atoms with Gasteiger partial charge in [-0.3, -0.25) is 4.79 Å². The molecule has 0 unspecified atom stereocenters. The first-order valence-corrected chi connectivity index (χ1v) is 9.49. The number of benzene rings is 2. The maximum Gasteiger partial charge on any atom is 0.224 e. The van der Waals surface area contributed by atoms with Crippen LogP contribution < -0.4 is 5.32 Å². The number of carbonyl (C=O) groups is 1. The maximum atomic E-state index is 12.1. The van der Waals surface area contributed by atoms with Crippen molar-refractivity contribution in [2.45, 2.75) is 43.9 Å². The average Bonchev–Trinajstić information content (AvgIpc) is 2.55. The van der Waals surface area contributed by atoms with Crippen LogP contribution in [0.2, 0.25) is 0 Å². The molecule has 2 rings (SSSR count). The molecule has 128 valence electrons. The molecule has 2 aromatic rings. The topological polar surface area (TPSA) is 63.2 Å². The Morgan fingerprint density at radius 3 is 2.04 bits per heavy atom. The summed E-state index contributed by atoms with van der Waals surface area (Å²) >= 11 is 0. The Morgan fingerprint density at radius 2 is 1.50 bits per heavy atom. The first kappa shape index (κ1) is 18.2. The molecule has 0 heterocycles. The van der Waals surface area contributed by atoms with Crippen LogP contribution in [0.3, 0.4) is 0 Å². The molecule has 1 N–H and O–H groups in total. The molecule has 0 saturated carbocycles. The van der Waals surface area contributed by atoms with E-state index in [4.69, 9.17) is 0 Å². The lowest BCUT2D eigenvalue weighted by molar-refractivity contribution is -0.120. The normalized spacial score (nSPS) is 11.5. The highest BCUT2D eigenvalue weighted by Gasteiger charge is 2.18. The standard InChI is InChI=1S/C19H23NO3S/c1-14(2)24(22,23)18-10-8-17(9-11-18)13-20-19(21)12-16-6-4-15(3)5-7-16/h4-11,14H,12-13H2,1-3H3,(H,20,21). The van der Waals surface area contributed by atoms with Crippen LogP contribution in [0.1, 0.15) is 30.5 Å². The molecule has 5 heteroatoms. The van der Waals surface area contributed by atoms with Crippen LogP contribution in [0.25, 0.3) is 0 Å². The smallest absolute Gasteiger partial charge is 0.224 e. The van der Waals surface area contributed by atoms with Crippen LogP contribution in [-0.2, 0) is 27.6 Å². The minimum Gasteiger partial charge on any atom is -0.352 e. The Balaban J connectivity index is 1.92. The van der Waals surface area contributed by atoms with Crippen molar-refractivity contribution in [2.75, 3.05) is 0 Å². The fourth-order valence-electron chi connectivity index (χ4n) is 2.22. The second-order valence-corrected chi connectivity index (χ2v) is 8.68. The third-order valence-electron chi connectivity index (χ3n) is 3.85. The number of carbonyl (C=O) groups excluding carboxylic acids is 1. The zero-order chi connectivity index (χ0) is 17.7. The number of hydrogen-bond donors (Lipinski definition) is 1.